The van der Waals surface area contributed by atoms with Crippen LogP contribution in [0.15, 0.2) is 28.2 Å². The van der Waals surface area contributed by atoms with Crippen LogP contribution in [0.5, 0.6) is 10.9 Å². The smallest absolute Gasteiger partial charge is 0.299 e. The van der Waals surface area contributed by atoms with Crippen molar-refractivity contribution in [3.63, 3.8) is 0 Å². The van der Waals surface area contributed by atoms with E-state index in [0.29, 0.717) is 16.6 Å². The van der Waals surface area contributed by atoms with E-state index in [4.69, 9.17) is 10.5 Å². The minimum absolute atomic E-state index is 0.497. The summed E-state index contributed by atoms with van der Waals surface area (Å²) in [7, 11) is 0. The van der Waals surface area contributed by atoms with E-state index in [1.54, 1.807) is 11.6 Å². The highest BCUT2D eigenvalue weighted by Gasteiger charge is 2.06. The number of benzene rings is 1. The van der Waals surface area contributed by atoms with Crippen molar-refractivity contribution >= 4 is 33.0 Å². The molecule has 0 aliphatic carbocycles. The average molecular weight is 272 g/mol. The standard InChI is InChI=1S/C8H6BrN3OS/c9-7-5(10)2-1-3-6(7)13-8-12-11-4-14-8/h1-4H,10H2. The second kappa shape index (κ2) is 3.93. The van der Waals surface area contributed by atoms with Crippen molar-refractivity contribution in [2.24, 2.45) is 0 Å². The predicted octanol–water partition coefficient (Wildman–Crippen LogP) is 2.68. The molecule has 0 unspecified atom stereocenters. The van der Waals surface area contributed by atoms with Crippen molar-refractivity contribution in [3.8, 4) is 10.9 Å². The maximum Gasteiger partial charge on any atom is 0.299 e. The molecular formula is C8H6BrN3OS. The average Bonchev–Trinajstić information content (AvgIpc) is 2.66. The van der Waals surface area contributed by atoms with Crippen molar-refractivity contribution in [3.05, 3.63) is 28.2 Å². The van der Waals surface area contributed by atoms with Crippen LogP contribution in [0.1, 0.15) is 0 Å². The fraction of sp³-hybridized carbons (Fsp3) is 0. The highest BCUT2D eigenvalue weighted by molar-refractivity contribution is 9.10. The lowest BCUT2D eigenvalue weighted by molar-refractivity contribution is 0.470. The van der Waals surface area contributed by atoms with Gasteiger partial charge in [0.25, 0.3) is 5.19 Å². The van der Waals surface area contributed by atoms with Crippen molar-refractivity contribution < 1.29 is 4.74 Å². The zero-order chi connectivity index (χ0) is 9.97. The summed E-state index contributed by atoms with van der Waals surface area (Å²) in [6.45, 7) is 0. The Hall–Kier alpha value is -1.14. The number of anilines is 1. The Morgan fingerprint density at radius 3 is 3.00 bits per heavy atom. The van der Waals surface area contributed by atoms with E-state index in [0.717, 1.165) is 4.47 Å². The number of hydrogen-bond donors (Lipinski definition) is 1. The number of nitrogens with two attached hydrogens (primary N) is 1. The Morgan fingerprint density at radius 2 is 2.29 bits per heavy atom. The lowest BCUT2D eigenvalue weighted by Gasteiger charge is -2.05. The highest BCUT2D eigenvalue weighted by Crippen LogP contribution is 2.33. The maximum atomic E-state index is 5.69. The highest BCUT2D eigenvalue weighted by atomic mass is 79.9. The topological polar surface area (TPSA) is 61.0 Å². The number of hydrogen-bond acceptors (Lipinski definition) is 5. The van der Waals surface area contributed by atoms with E-state index in [1.807, 2.05) is 12.1 Å². The third kappa shape index (κ3) is 1.85. The fourth-order valence-corrected chi connectivity index (χ4v) is 1.67. The molecule has 4 nitrogen and oxygen atoms in total. The van der Waals surface area contributed by atoms with Gasteiger partial charge in [0.1, 0.15) is 11.3 Å². The molecule has 1 aromatic carbocycles. The van der Waals surface area contributed by atoms with Crippen LogP contribution < -0.4 is 10.5 Å². The lowest BCUT2D eigenvalue weighted by Crippen LogP contribution is -1.90. The number of nitrogens with zero attached hydrogens (tertiary/aromatic N) is 2. The molecule has 1 aromatic heterocycles. The third-order valence-corrected chi connectivity index (χ3v) is 2.95. The molecule has 0 saturated heterocycles. The molecule has 1 heterocycles. The van der Waals surface area contributed by atoms with E-state index >= 15 is 0 Å². The van der Waals surface area contributed by atoms with E-state index < -0.39 is 0 Å². The predicted molar refractivity (Wildman–Crippen MR) is 58.5 cm³/mol. The zero-order valence-electron chi connectivity index (χ0n) is 6.98. The minimum atomic E-state index is 0.497. The van der Waals surface area contributed by atoms with Gasteiger partial charge in [-0.3, -0.25) is 0 Å². The fourth-order valence-electron chi connectivity index (χ4n) is 0.908. The van der Waals surface area contributed by atoms with Gasteiger partial charge in [0.05, 0.1) is 4.47 Å². The van der Waals surface area contributed by atoms with Crippen LogP contribution >= 0.6 is 27.3 Å². The van der Waals surface area contributed by atoms with Crippen molar-refractivity contribution in [2.45, 2.75) is 0 Å². The molecule has 0 bridgehead atoms. The van der Waals surface area contributed by atoms with Crippen LogP contribution in [0, 0.1) is 0 Å². The molecule has 0 fully saturated rings. The summed E-state index contributed by atoms with van der Waals surface area (Å²) in [5, 5.41) is 7.93. The van der Waals surface area contributed by atoms with Gasteiger partial charge in [0.2, 0.25) is 0 Å². The first kappa shape index (κ1) is 9.42. The molecule has 0 spiro atoms. The Kier molecular flexibility index (Phi) is 2.64. The molecule has 0 amide bonds. The van der Waals surface area contributed by atoms with Crippen LogP contribution in [-0.2, 0) is 0 Å². The molecule has 2 N–H and O–H groups in total. The van der Waals surface area contributed by atoms with Gasteiger partial charge < -0.3 is 10.5 Å². The zero-order valence-corrected chi connectivity index (χ0v) is 9.38. The molecule has 0 atom stereocenters. The molecular weight excluding hydrogens is 266 g/mol. The van der Waals surface area contributed by atoms with Gasteiger partial charge in [-0.1, -0.05) is 22.5 Å². The van der Waals surface area contributed by atoms with Crippen molar-refractivity contribution in [1.29, 1.82) is 0 Å². The summed E-state index contributed by atoms with van der Waals surface area (Å²) in [5.41, 5.74) is 7.93. The Bertz CT molecular complexity index is 432. The first-order valence-electron chi connectivity index (χ1n) is 3.75. The summed E-state index contributed by atoms with van der Waals surface area (Å²) in [6, 6.07) is 5.41. The number of ether oxygens (including phenoxy) is 1. The summed E-state index contributed by atoms with van der Waals surface area (Å²) in [5.74, 6) is 0.641. The van der Waals surface area contributed by atoms with Gasteiger partial charge in [0, 0.05) is 5.69 Å². The van der Waals surface area contributed by atoms with Crippen LogP contribution in [0.25, 0.3) is 0 Å². The minimum Gasteiger partial charge on any atom is -0.429 e. The summed E-state index contributed by atoms with van der Waals surface area (Å²) in [6.07, 6.45) is 0. The Morgan fingerprint density at radius 1 is 1.43 bits per heavy atom. The van der Waals surface area contributed by atoms with Crippen LogP contribution in [0.3, 0.4) is 0 Å². The maximum absolute atomic E-state index is 5.69. The van der Waals surface area contributed by atoms with E-state index in [2.05, 4.69) is 26.1 Å². The van der Waals surface area contributed by atoms with Gasteiger partial charge in [-0.15, -0.1) is 5.10 Å². The second-order valence-electron chi connectivity index (χ2n) is 2.47. The van der Waals surface area contributed by atoms with Crippen molar-refractivity contribution in [1.82, 2.24) is 10.2 Å². The molecule has 6 heteroatoms. The summed E-state index contributed by atoms with van der Waals surface area (Å²) in [4.78, 5) is 0. The van der Waals surface area contributed by atoms with E-state index in [-0.39, 0.29) is 0 Å². The molecule has 0 aliphatic rings. The Balaban J connectivity index is 2.29. The van der Waals surface area contributed by atoms with E-state index in [9.17, 15) is 0 Å². The van der Waals surface area contributed by atoms with Gasteiger partial charge in [-0.05, 0) is 28.1 Å². The molecule has 0 saturated carbocycles. The molecule has 14 heavy (non-hydrogen) atoms. The summed E-state index contributed by atoms with van der Waals surface area (Å²) < 4.78 is 6.18. The molecule has 0 radical (unpaired) electrons. The lowest BCUT2D eigenvalue weighted by atomic mass is 10.3. The number of nitrogen functional groups attached to an aromatic ring is 1. The quantitative estimate of drug-likeness (QED) is 0.854. The largest absolute Gasteiger partial charge is 0.429 e. The monoisotopic (exact) mass is 271 g/mol. The van der Waals surface area contributed by atoms with Gasteiger partial charge >= 0.3 is 0 Å². The first-order chi connectivity index (χ1) is 6.77. The van der Waals surface area contributed by atoms with Crippen LogP contribution in [0.4, 0.5) is 5.69 Å². The number of aromatic nitrogens is 2. The molecule has 2 aromatic rings. The van der Waals surface area contributed by atoms with E-state index in [1.165, 1.54) is 11.3 Å². The number of rotatable bonds is 2. The van der Waals surface area contributed by atoms with Gasteiger partial charge in [-0.25, -0.2) is 0 Å². The summed E-state index contributed by atoms with van der Waals surface area (Å²) >= 11 is 4.66. The number of halogens is 1. The first-order valence-corrected chi connectivity index (χ1v) is 5.42. The molecule has 72 valence electrons. The van der Waals surface area contributed by atoms with Crippen LogP contribution in [-0.4, -0.2) is 10.2 Å². The van der Waals surface area contributed by atoms with Crippen LogP contribution in [0.2, 0.25) is 0 Å². The second-order valence-corrected chi connectivity index (χ2v) is 4.05. The third-order valence-electron chi connectivity index (χ3n) is 1.53. The van der Waals surface area contributed by atoms with Gasteiger partial charge in [0.15, 0.2) is 0 Å². The molecule has 2 rings (SSSR count). The normalized spacial score (nSPS) is 10.1. The molecule has 0 aliphatic heterocycles. The van der Waals surface area contributed by atoms with Gasteiger partial charge in [-0.2, -0.15) is 0 Å². The SMILES string of the molecule is Nc1cccc(Oc2nncs2)c1Br. The van der Waals surface area contributed by atoms with Crippen molar-refractivity contribution in [2.75, 3.05) is 5.73 Å². The Labute approximate surface area is 92.9 Å².